The summed E-state index contributed by atoms with van der Waals surface area (Å²) in [5.41, 5.74) is 4.56. The number of phenolic OH excluding ortho intramolecular Hbond substituents is 1. The van der Waals surface area contributed by atoms with E-state index in [0.29, 0.717) is 17.8 Å². The summed E-state index contributed by atoms with van der Waals surface area (Å²) in [6, 6.07) is 8.06. The van der Waals surface area contributed by atoms with E-state index in [9.17, 15) is 5.11 Å². The summed E-state index contributed by atoms with van der Waals surface area (Å²) in [6.45, 7) is 10.6. The second-order valence-corrected chi connectivity index (χ2v) is 6.00. The van der Waals surface area contributed by atoms with Gasteiger partial charge in [0.15, 0.2) is 0 Å². The maximum absolute atomic E-state index is 9.33. The molecule has 0 saturated carbocycles. The Bertz CT molecular complexity index is 599. The van der Waals surface area contributed by atoms with Crippen molar-refractivity contribution in [1.82, 2.24) is 9.78 Å². The van der Waals surface area contributed by atoms with Gasteiger partial charge >= 0.3 is 0 Å². The van der Waals surface area contributed by atoms with Crippen LogP contribution in [0.5, 0.6) is 5.75 Å². The molecule has 0 spiro atoms. The molecule has 21 heavy (non-hydrogen) atoms. The van der Waals surface area contributed by atoms with E-state index in [1.807, 2.05) is 19.1 Å². The van der Waals surface area contributed by atoms with Gasteiger partial charge in [0.2, 0.25) is 0 Å². The first-order valence-corrected chi connectivity index (χ1v) is 7.48. The molecule has 0 fully saturated rings. The van der Waals surface area contributed by atoms with Gasteiger partial charge in [-0.1, -0.05) is 12.1 Å². The first kappa shape index (κ1) is 15.4. The van der Waals surface area contributed by atoms with Crippen LogP contribution in [-0.4, -0.2) is 20.9 Å². The molecule has 1 atom stereocenters. The molecule has 0 radical (unpaired) electrons. The van der Waals surface area contributed by atoms with Gasteiger partial charge in [0.05, 0.1) is 17.1 Å². The van der Waals surface area contributed by atoms with Crippen LogP contribution in [0.2, 0.25) is 0 Å². The second-order valence-electron chi connectivity index (χ2n) is 6.00. The Balaban J connectivity index is 2.09. The van der Waals surface area contributed by atoms with Gasteiger partial charge in [-0.15, -0.1) is 0 Å². The molecule has 2 N–H and O–H groups in total. The average Bonchev–Trinajstić information content (AvgIpc) is 2.69. The highest BCUT2D eigenvalue weighted by Gasteiger charge is 2.15. The van der Waals surface area contributed by atoms with E-state index in [2.05, 4.69) is 42.8 Å². The fraction of sp³-hybridized carbons (Fsp3) is 0.471. The Kier molecular flexibility index (Phi) is 4.56. The predicted molar refractivity (Wildman–Crippen MR) is 87.0 cm³/mol. The smallest absolute Gasteiger partial charge is 0.115 e. The standard InChI is InChI=1S/C17H25N3O/c1-11(2)20-14(5)17(13(4)19-20)18-12(3)10-15-6-8-16(21)9-7-15/h6-9,11-12,18,21H,10H2,1-5H3. The number of nitrogens with one attached hydrogen (secondary N) is 1. The lowest BCUT2D eigenvalue weighted by Crippen LogP contribution is -2.19. The fourth-order valence-electron chi connectivity index (χ4n) is 2.66. The van der Waals surface area contributed by atoms with E-state index in [-0.39, 0.29) is 0 Å². The molecule has 2 aromatic rings. The van der Waals surface area contributed by atoms with Crippen LogP contribution in [0.3, 0.4) is 0 Å². The molecule has 0 aliphatic carbocycles. The summed E-state index contributed by atoms with van der Waals surface area (Å²) >= 11 is 0. The van der Waals surface area contributed by atoms with Gasteiger partial charge in [0.1, 0.15) is 5.75 Å². The molecule has 1 unspecified atom stereocenters. The minimum absolute atomic E-state index is 0.303. The number of aryl methyl sites for hydroxylation is 1. The number of rotatable bonds is 5. The van der Waals surface area contributed by atoms with Crippen molar-refractivity contribution in [2.45, 2.75) is 53.1 Å². The third-order valence-corrected chi connectivity index (χ3v) is 3.68. The van der Waals surface area contributed by atoms with Crippen molar-refractivity contribution in [3.8, 4) is 5.75 Å². The first-order valence-electron chi connectivity index (χ1n) is 7.48. The Morgan fingerprint density at radius 3 is 2.29 bits per heavy atom. The second kappa shape index (κ2) is 6.20. The fourth-order valence-corrected chi connectivity index (χ4v) is 2.66. The zero-order chi connectivity index (χ0) is 15.6. The zero-order valence-corrected chi connectivity index (χ0v) is 13.5. The number of phenols is 1. The molecule has 0 amide bonds. The normalized spacial score (nSPS) is 12.7. The lowest BCUT2D eigenvalue weighted by Gasteiger charge is -2.16. The van der Waals surface area contributed by atoms with Crippen molar-refractivity contribution in [2.24, 2.45) is 0 Å². The Morgan fingerprint density at radius 2 is 1.76 bits per heavy atom. The first-order chi connectivity index (χ1) is 9.88. The van der Waals surface area contributed by atoms with Crippen LogP contribution in [0.25, 0.3) is 0 Å². The number of nitrogens with zero attached hydrogens (tertiary/aromatic N) is 2. The Morgan fingerprint density at radius 1 is 1.14 bits per heavy atom. The molecular weight excluding hydrogens is 262 g/mol. The van der Waals surface area contributed by atoms with Crippen LogP contribution in [0.1, 0.15) is 43.8 Å². The zero-order valence-electron chi connectivity index (χ0n) is 13.5. The number of aromatic nitrogens is 2. The van der Waals surface area contributed by atoms with E-state index >= 15 is 0 Å². The van der Waals surface area contributed by atoms with Gasteiger partial charge in [-0.25, -0.2) is 0 Å². The van der Waals surface area contributed by atoms with Crippen LogP contribution in [0, 0.1) is 13.8 Å². The maximum atomic E-state index is 9.33. The van der Waals surface area contributed by atoms with Gasteiger partial charge in [0.25, 0.3) is 0 Å². The molecule has 0 aliphatic heterocycles. The van der Waals surface area contributed by atoms with E-state index in [1.54, 1.807) is 12.1 Å². The van der Waals surface area contributed by atoms with Crippen molar-refractivity contribution < 1.29 is 5.11 Å². The summed E-state index contributed by atoms with van der Waals surface area (Å²) in [5, 5.41) is 17.5. The molecule has 0 bridgehead atoms. The predicted octanol–water partition coefficient (Wildman–Crippen LogP) is 3.83. The van der Waals surface area contributed by atoms with Crippen LogP contribution in [0.4, 0.5) is 5.69 Å². The van der Waals surface area contributed by atoms with E-state index in [0.717, 1.165) is 17.8 Å². The van der Waals surface area contributed by atoms with Gasteiger partial charge in [-0.05, 0) is 58.7 Å². The number of aromatic hydroxyl groups is 1. The highest BCUT2D eigenvalue weighted by molar-refractivity contribution is 5.53. The SMILES string of the molecule is Cc1nn(C(C)C)c(C)c1NC(C)Cc1ccc(O)cc1. The summed E-state index contributed by atoms with van der Waals surface area (Å²) in [6.07, 6.45) is 0.909. The maximum Gasteiger partial charge on any atom is 0.115 e. The largest absolute Gasteiger partial charge is 0.508 e. The van der Waals surface area contributed by atoms with E-state index < -0.39 is 0 Å². The van der Waals surface area contributed by atoms with Crippen molar-refractivity contribution in [3.05, 3.63) is 41.2 Å². The van der Waals surface area contributed by atoms with Gasteiger partial charge in [-0.3, -0.25) is 4.68 Å². The summed E-state index contributed by atoms with van der Waals surface area (Å²) < 4.78 is 2.06. The number of hydrogen-bond acceptors (Lipinski definition) is 3. The highest BCUT2D eigenvalue weighted by atomic mass is 16.3. The number of anilines is 1. The molecule has 2 rings (SSSR count). The molecular formula is C17H25N3O. The van der Waals surface area contributed by atoms with Gasteiger partial charge in [-0.2, -0.15) is 5.10 Å². The average molecular weight is 287 g/mol. The summed E-state index contributed by atoms with van der Waals surface area (Å²) in [5.74, 6) is 0.310. The number of benzene rings is 1. The lowest BCUT2D eigenvalue weighted by molar-refractivity contribution is 0.475. The minimum atomic E-state index is 0.303. The van der Waals surface area contributed by atoms with Gasteiger partial charge < -0.3 is 10.4 Å². The lowest BCUT2D eigenvalue weighted by atomic mass is 10.1. The number of hydrogen-bond donors (Lipinski definition) is 2. The van der Waals surface area contributed by atoms with Crippen molar-refractivity contribution in [3.63, 3.8) is 0 Å². The molecule has 0 aliphatic rings. The van der Waals surface area contributed by atoms with Crippen molar-refractivity contribution in [1.29, 1.82) is 0 Å². The summed E-state index contributed by atoms with van der Waals surface area (Å²) in [4.78, 5) is 0. The minimum Gasteiger partial charge on any atom is -0.508 e. The summed E-state index contributed by atoms with van der Waals surface area (Å²) in [7, 11) is 0. The van der Waals surface area contributed by atoms with Gasteiger partial charge in [0, 0.05) is 12.1 Å². The topological polar surface area (TPSA) is 50.1 Å². The van der Waals surface area contributed by atoms with Crippen molar-refractivity contribution in [2.75, 3.05) is 5.32 Å². The highest BCUT2D eigenvalue weighted by Crippen LogP contribution is 2.24. The molecule has 114 valence electrons. The molecule has 1 aromatic heterocycles. The molecule has 1 heterocycles. The van der Waals surface area contributed by atoms with Crippen molar-refractivity contribution >= 4 is 5.69 Å². The molecule has 1 aromatic carbocycles. The van der Waals surface area contributed by atoms with Crippen LogP contribution in [0.15, 0.2) is 24.3 Å². The van der Waals surface area contributed by atoms with Crippen LogP contribution >= 0.6 is 0 Å². The Hall–Kier alpha value is -1.97. The molecule has 4 heteroatoms. The quantitative estimate of drug-likeness (QED) is 0.878. The molecule has 4 nitrogen and oxygen atoms in total. The van der Waals surface area contributed by atoms with Crippen LogP contribution in [-0.2, 0) is 6.42 Å². The van der Waals surface area contributed by atoms with Crippen LogP contribution < -0.4 is 5.32 Å². The van der Waals surface area contributed by atoms with E-state index in [1.165, 1.54) is 11.3 Å². The third-order valence-electron chi connectivity index (χ3n) is 3.68. The Labute approximate surface area is 126 Å². The monoisotopic (exact) mass is 287 g/mol. The molecule has 0 saturated heterocycles. The van der Waals surface area contributed by atoms with E-state index in [4.69, 9.17) is 0 Å². The third kappa shape index (κ3) is 3.57.